The van der Waals surface area contributed by atoms with Crippen LogP contribution in [0.25, 0.3) is 0 Å². The highest BCUT2D eigenvalue weighted by atomic mass is 32.2. The number of ether oxygens (including phenoxy) is 1. The highest BCUT2D eigenvalue weighted by molar-refractivity contribution is 7.89. The standard InChI is InChI=1S/C24H32N2O4S/c1-17-5-8-21(9-6-17)30-16-20(4)25-24(27)23-15-22(10-7-19(23)3)31(28,29)26-13-11-18(2)12-14-26/h5-10,15,18,20H,11-14,16H2,1-4H3,(H,25,27). The van der Waals surface area contributed by atoms with Gasteiger partial charge in [-0.15, -0.1) is 0 Å². The van der Waals surface area contributed by atoms with Crippen LogP contribution in [-0.2, 0) is 10.0 Å². The van der Waals surface area contributed by atoms with E-state index in [1.54, 1.807) is 19.1 Å². The highest BCUT2D eigenvalue weighted by Gasteiger charge is 2.29. The first-order valence-electron chi connectivity index (χ1n) is 10.8. The molecule has 1 unspecified atom stereocenters. The van der Waals surface area contributed by atoms with Crippen LogP contribution in [0.5, 0.6) is 5.75 Å². The molecule has 0 aromatic heterocycles. The number of hydrogen-bond acceptors (Lipinski definition) is 4. The number of benzene rings is 2. The van der Waals surface area contributed by atoms with Crippen molar-refractivity contribution in [3.8, 4) is 5.75 Å². The summed E-state index contributed by atoms with van der Waals surface area (Å²) in [5.74, 6) is 0.975. The Kier molecular flexibility index (Phi) is 7.38. The normalized spacial score (nSPS) is 16.6. The van der Waals surface area contributed by atoms with Gasteiger partial charge in [0.05, 0.1) is 10.9 Å². The predicted molar refractivity (Wildman–Crippen MR) is 122 cm³/mol. The molecule has 1 amide bonds. The van der Waals surface area contributed by atoms with Gasteiger partial charge in [0.2, 0.25) is 10.0 Å². The molecule has 1 N–H and O–H groups in total. The van der Waals surface area contributed by atoms with E-state index in [0.29, 0.717) is 31.2 Å². The number of carbonyl (C=O) groups is 1. The van der Waals surface area contributed by atoms with Gasteiger partial charge in [-0.2, -0.15) is 4.31 Å². The molecule has 6 nitrogen and oxygen atoms in total. The maximum Gasteiger partial charge on any atom is 0.251 e. The quantitative estimate of drug-likeness (QED) is 0.702. The van der Waals surface area contributed by atoms with E-state index in [2.05, 4.69) is 12.2 Å². The van der Waals surface area contributed by atoms with E-state index < -0.39 is 10.0 Å². The summed E-state index contributed by atoms with van der Waals surface area (Å²) in [6, 6.07) is 12.3. The fraction of sp³-hybridized carbons (Fsp3) is 0.458. The number of hydrogen-bond donors (Lipinski definition) is 1. The van der Waals surface area contributed by atoms with Crippen LogP contribution in [0.3, 0.4) is 0 Å². The zero-order valence-electron chi connectivity index (χ0n) is 18.7. The number of nitrogens with zero attached hydrogens (tertiary/aromatic N) is 1. The van der Waals surface area contributed by atoms with Gasteiger partial charge in [-0.3, -0.25) is 4.79 Å². The largest absolute Gasteiger partial charge is 0.491 e. The molecule has 1 atom stereocenters. The zero-order valence-corrected chi connectivity index (χ0v) is 19.5. The number of rotatable bonds is 7. The van der Waals surface area contributed by atoms with Crippen LogP contribution in [0.15, 0.2) is 47.4 Å². The van der Waals surface area contributed by atoms with Crippen molar-refractivity contribution in [1.29, 1.82) is 0 Å². The summed E-state index contributed by atoms with van der Waals surface area (Å²) in [7, 11) is -3.61. The first kappa shape index (κ1) is 23.3. The minimum atomic E-state index is -3.61. The molecule has 168 valence electrons. The number of amides is 1. The second-order valence-corrected chi connectivity index (χ2v) is 10.5. The molecule has 0 bridgehead atoms. The maximum atomic E-state index is 13.1. The zero-order chi connectivity index (χ0) is 22.6. The molecular formula is C24H32N2O4S. The van der Waals surface area contributed by atoms with Gasteiger partial charge < -0.3 is 10.1 Å². The Balaban J connectivity index is 1.67. The van der Waals surface area contributed by atoms with Crippen molar-refractivity contribution in [2.45, 2.75) is 51.5 Å². The fourth-order valence-corrected chi connectivity index (χ4v) is 5.08. The molecule has 1 fully saturated rings. The van der Waals surface area contributed by atoms with Crippen molar-refractivity contribution in [1.82, 2.24) is 9.62 Å². The summed E-state index contributed by atoms with van der Waals surface area (Å²) in [6.07, 6.45) is 1.72. The molecule has 1 saturated heterocycles. The summed E-state index contributed by atoms with van der Waals surface area (Å²) in [6.45, 7) is 9.17. The first-order chi connectivity index (χ1) is 14.7. The number of nitrogens with one attached hydrogen (secondary N) is 1. The first-order valence-corrected chi connectivity index (χ1v) is 12.2. The molecule has 2 aromatic carbocycles. The van der Waals surface area contributed by atoms with E-state index >= 15 is 0 Å². The topological polar surface area (TPSA) is 75.7 Å². The molecule has 1 heterocycles. The van der Waals surface area contributed by atoms with Crippen molar-refractivity contribution in [3.63, 3.8) is 0 Å². The fourth-order valence-electron chi connectivity index (χ4n) is 3.58. The van der Waals surface area contributed by atoms with Crippen molar-refractivity contribution in [2.75, 3.05) is 19.7 Å². The molecule has 31 heavy (non-hydrogen) atoms. The van der Waals surface area contributed by atoms with E-state index in [1.165, 1.54) is 10.4 Å². The minimum Gasteiger partial charge on any atom is -0.491 e. The maximum absolute atomic E-state index is 13.1. The van der Waals surface area contributed by atoms with Gasteiger partial charge in [0.15, 0.2) is 0 Å². The average Bonchev–Trinajstić information content (AvgIpc) is 2.73. The lowest BCUT2D eigenvalue weighted by molar-refractivity contribution is 0.0926. The smallest absolute Gasteiger partial charge is 0.251 e. The number of piperidine rings is 1. The Morgan fingerprint density at radius 1 is 1.13 bits per heavy atom. The second kappa shape index (κ2) is 9.83. The van der Waals surface area contributed by atoms with Crippen LogP contribution in [0.4, 0.5) is 0 Å². The molecule has 0 radical (unpaired) electrons. The Bertz CT molecular complexity index is 1010. The Morgan fingerprint density at radius 3 is 2.42 bits per heavy atom. The Morgan fingerprint density at radius 2 is 1.77 bits per heavy atom. The summed E-state index contributed by atoms with van der Waals surface area (Å²) in [5.41, 5.74) is 2.25. The third-order valence-corrected chi connectivity index (χ3v) is 7.63. The van der Waals surface area contributed by atoms with Gasteiger partial charge in [0.25, 0.3) is 5.91 Å². The second-order valence-electron chi connectivity index (χ2n) is 8.56. The van der Waals surface area contributed by atoms with Crippen LogP contribution in [-0.4, -0.2) is 44.4 Å². The Labute approximate surface area is 185 Å². The third kappa shape index (κ3) is 5.86. The van der Waals surface area contributed by atoms with Gasteiger partial charge >= 0.3 is 0 Å². The lowest BCUT2D eigenvalue weighted by Crippen LogP contribution is -2.38. The van der Waals surface area contributed by atoms with Crippen LogP contribution in [0.1, 0.15) is 48.2 Å². The van der Waals surface area contributed by atoms with Crippen LogP contribution in [0.2, 0.25) is 0 Å². The monoisotopic (exact) mass is 444 g/mol. The van der Waals surface area contributed by atoms with Gasteiger partial charge in [-0.25, -0.2) is 8.42 Å². The molecule has 1 aliphatic heterocycles. The van der Waals surface area contributed by atoms with E-state index in [-0.39, 0.29) is 16.8 Å². The molecule has 3 rings (SSSR count). The summed E-state index contributed by atoms with van der Waals surface area (Å²) >= 11 is 0. The molecule has 0 aliphatic carbocycles. The van der Waals surface area contributed by atoms with Crippen LogP contribution >= 0.6 is 0 Å². The minimum absolute atomic E-state index is 0.168. The van der Waals surface area contributed by atoms with Crippen molar-refractivity contribution < 1.29 is 17.9 Å². The van der Waals surface area contributed by atoms with E-state index in [4.69, 9.17) is 4.74 Å². The third-order valence-electron chi connectivity index (χ3n) is 5.73. The van der Waals surface area contributed by atoms with E-state index in [0.717, 1.165) is 29.7 Å². The van der Waals surface area contributed by atoms with Gasteiger partial charge in [-0.1, -0.05) is 30.7 Å². The lowest BCUT2D eigenvalue weighted by atomic mass is 10.0. The van der Waals surface area contributed by atoms with Crippen molar-refractivity contribution in [2.24, 2.45) is 5.92 Å². The summed E-state index contributed by atoms with van der Waals surface area (Å²) in [5, 5.41) is 2.91. The summed E-state index contributed by atoms with van der Waals surface area (Å²) < 4.78 is 33.4. The van der Waals surface area contributed by atoms with Crippen LogP contribution < -0.4 is 10.1 Å². The average molecular weight is 445 g/mol. The molecule has 7 heteroatoms. The van der Waals surface area contributed by atoms with Gasteiger partial charge in [0, 0.05) is 18.7 Å². The molecule has 2 aromatic rings. The molecule has 0 spiro atoms. The van der Waals surface area contributed by atoms with Crippen molar-refractivity contribution in [3.05, 3.63) is 59.2 Å². The van der Waals surface area contributed by atoms with E-state index in [9.17, 15) is 13.2 Å². The van der Waals surface area contributed by atoms with Crippen LogP contribution in [0, 0.1) is 19.8 Å². The molecule has 0 saturated carbocycles. The van der Waals surface area contributed by atoms with Gasteiger partial charge in [0.1, 0.15) is 12.4 Å². The van der Waals surface area contributed by atoms with E-state index in [1.807, 2.05) is 38.1 Å². The number of carbonyl (C=O) groups excluding carboxylic acids is 1. The number of aryl methyl sites for hydroxylation is 2. The van der Waals surface area contributed by atoms with Gasteiger partial charge in [-0.05, 0) is 69.4 Å². The van der Waals surface area contributed by atoms with Crippen molar-refractivity contribution >= 4 is 15.9 Å². The SMILES string of the molecule is Cc1ccc(OCC(C)NC(=O)c2cc(S(=O)(=O)N3CCC(C)CC3)ccc2C)cc1. The Hall–Kier alpha value is -2.38. The lowest BCUT2D eigenvalue weighted by Gasteiger charge is -2.29. The number of sulfonamides is 1. The molecule has 1 aliphatic rings. The molecular weight excluding hydrogens is 412 g/mol. The summed E-state index contributed by atoms with van der Waals surface area (Å²) in [4.78, 5) is 13.0. The highest BCUT2D eigenvalue weighted by Crippen LogP contribution is 2.25. The predicted octanol–water partition coefficient (Wildman–Crippen LogP) is 3.92.